The lowest BCUT2D eigenvalue weighted by Crippen LogP contribution is -2.26. The fourth-order valence-electron chi connectivity index (χ4n) is 2.64. The van der Waals surface area contributed by atoms with Crippen molar-refractivity contribution in [1.29, 1.82) is 0 Å². The van der Waals surface area contributed by atoms with E-state index in [2.05, 4.69) is 45.2 Å². The highest BCUT2D eigenvalue weighted by Crippen LogP contribution is 2.39. The number of aromatic nitrogens is 4. The monoisotopic (exact) mass is 444 g/mol. The number of rotatable bonds is 4. The fraction of sp³-hybridized carbons (Fsp3) is 0.143. The van der Waals surface area contributed by atoms with Crippen LogP contribution in [-0.2, 0) is 4.79 Å². The third-order valence-corrected chi connectivity index (χ3v) is 5.08. The van der Waals surface area contributed by atoms with Crippen LogP contribution in [0.1, 0.15) is 6.92 Å². The topological polar surface area (TPSA) is 86.8 Å². The number of hydrogen-bond donors (Lipinski definition) is 2. The van der Waals surface area contributed by atoms with Crippen molar-refractivity contribution in [1.82, 2.24) is 20.2 Å². The molecule has 4 rings (SSSR count). The summed E-state index contributed by atoms with van der Waals surface area (Å²) in [5, 5.41) is 8.76. The number of pyridine rings is 1. The van der Waals surface area contributed by atoms with Crippen molar-refractivity contribution >= 4 is 29.8 Å². The van der Waals surface area contributed by atoms with Crippen LogP contribution in [0, 0.1) is 11.6 Å². The van der Waals surface area contributed by atoms with Crippen LogP contribution in [0.25, 0.3) is 11.5 Å². The van der Waals surface area contributed by atoms with Gasteiger partial charge in [0.1, 0.15) is 5.69 Å². The van der Waals surface area contributed by atoms with E-state index in [0.29, 0.717) is 17.9 Å². The van der Waals surface area contributed by atoms with E-state index >= 15 is 0 Å². The van der Waals surface area contributed by atoms with E-state index in [1.54, 1.807) is 12.3 Å². The van der Waals surface area contributed by atoms with Gasteiger partial charge < -0.3 is 4.90 Å². The van der Waals surface area contributed by atoms with E-state index in [4.69, 9.17) is 0 Å². The summed E-state index contributed by atoms with van der Waals surface area (Å²) in [6, 6.07) is 7.95. The first-order chi connectivity index (χ1) is 15.0. The summed E-state index contributed by atoms with van der Waals surface area (Å²) >= 11 is 1.49. The summed E-state index contributed by atoms with van der Waals surface area (Å²) in [4.78, 5) is 20.9. The third kappa shape index (κ3) is 5.98. The molecule has 0 spiro atoms. The molecule has 3 heterocycles. The molecule has 2 N–H and O–H groups in total. The van der Waals surface area contributed by atoms with Crippen LogP contribution in [0.5, 0.6) is 0 Å². The second-order valence-electron chi connectivity index (χ2n) is 5.82. The molecule has 0 unspecified atom stereocenters. The molecule has 1 amide bonds. The third-order valence-electron chi connectivity index (χ3n) is 3.97. The molecule has 162 valence electrons. The fourth-order valence-corrected chi connectivity index (χ4v) is 3.63. The molecule has 0 atom stereocenters. The van der Waals surface area contributed by atoms with Gasteiger partial charge in [-0.1, -0.05) is 12.6 Å². The van der Waals surface area contributed by atoms with Gasteiger partial charge in [-0.3, -0.25) is 20.2 Å². The van der Waals surface area contributed by atoms with Crippen molar-refractivity contribution in [2.45, 2.75) is 11.8 Å². The van der Waals surface area contributed by atoms with Gasteiger partial charge in [0.2, 0.25) is 12.4 Å². The number of nitrogens with zero attached hydrogens (tertiary/aromatic N) is 4. The second-order valence-corrected chi connectivity index (χ2v) is 6.84. The van der Waals surface area contributed by atoms with Crippen molar-refractivity contribution in [3.05, 3.63) is 73.6 Å². The molecule has 3 aromatic rings. The van der Waals surface area contributed by atoms with E-state index in [9.17, 15) is 13.6 Å². The first kappa shape index (κ1) is 23.7. The molecule has 0 saturated carbocycles. The van der Waals surface area contributed by atoms with E-state index in [1.807, 2.05) is 24.0 Å². The summed E-state index contributed by atoms with van der Waals surface area (Å²) in [6.07, 6.45) is 2.18. The van der Waals surface area contributed by atoms with Crippen LogP contribution in [-0.4, -0.2) is 38.9 Å². The van der Waals surface area contributed by atoms with Gasteiger partial charge in [0.15, 0.2) is 17.5 Å². The van der Waals surface area contributed by atoms with Gasteiger partial charge in [0.05, 0.1) is 5.69 Å². The molecule has 1 aromatic carbocycles. The molecule has 0 aliphatic carbocycles. The lowest BCUT2D eigenvalue weighted by Gasteiger charge is -2.31. The average molecular weight is 445 g/mol. The largest absolute Gasteiger partial charge is 0.344 e. The Balaban J connectivity index is 0.000000204. The van der Waals surface area contributed by atoms with Crippen LogP contribution >= 0.6 is 11.8 Å². The Hall–Kier alpha value is -3.53. The van der Waals surface area contributed by atoms with Gasteiger partial charge in [-0.2, -0.15) is 4.98 Å². The van der Waals surface area contributed by atoms with Crippen LogP contribution < -0.4 is 10.2 Å². The van der Waals surface area contributed by atoms with Gasteiger partial charge in [-0.05, 0) is 25.1 Å². The normalized spacial score (nSPS) is 12.0. The van der Waals surface area contributed by atoms with Crippen LogP contribution in [0.4, 0.5) is 20.4 Å². The van der Waals surface area contributed by atoms with E-state index in [1.165, 1.54) is 23.9 Å². The average Bonchev–Trinajstić information content (AvgIpc) is 3.26. The Labute approximate surface area is 183 Å². The number of anilines is 2. The SMILES string of the molecule is C=C.C=C1CSc2cc(F)c(F)cc2N1CC.O=CNc1n[nH]c(-c2ccccn2)n1. The number of carbonyl (C=O) groups excluding carboxylic acids is 1. The molecular formula is C21H22F2N6OS. The molecule has 1 aliphatic rings. The minimum absolute atomic E-state index is 0.237. The maximum Gasteiger partial charge on any atom is 0.248 e. The predicted octanol–water partition coefficient (Wildman–Crippen LogP) is 4.65. The van der Waals surface area contributed by atoms with Crippen LogP contribution in [0.3, 0.4) is 0 Å². The van der Waals surface area contributed by atoms with E-state index in [-0.39, 0.29) is 5.95 Å². The highest BCUT2D eigenvalue weighted by atomic mass is 32.2. The van der Waals surface area contributed by atoms with Crippen molar-refractivity contribution in [3.63, 3.8) is 0 Å². The van der Waals surface area contributed by atoms with E-state index in [0.717, 1.165) is 28.6 Å². The quantitative estimate of drug-likeness (QED) is 0.450. The van der Waals surface area contributed by atoms with Crippen LogP contribution in [0.15, 0.2) is 66.9 Å². The maximum absolute atomic E-state index is 13.1. The van der Waals surface area contributed by atoms with E-state index < -0.39 is 11.6 Å². The minimum Gasteiger partial charge on any atom is -0.344 e. The lowest BCUT2D eigenvalue weighted by molar-refractivity contribution is -0.105. The Bertz CT molecular complexity index is 1030. The molecule has 1 aliphatic heterocycles. The first-order valence-electron chi connectivity index (χ1n) is 9.14. The maximum atomic E-state index is 13.1. The minimum atomic E-state index is -0.803. The molecule has 2 aromatic heterocycles. The molecule has 10 heteroatoms. The Morgan fingerprint density at radius 2 is 2.03 bits per heavy atom. The summed E-state index contributed by atoms with van der Waals surface area (Å²) in [7, 11) is 0. The zero-order chi connectivity index (χ0) is 22.8. The van der Waals surface area contributed by atoms with Gasteiger partial charge >= 0.3 is 0 Å². The first-order valence-corrected chi connectivity index (χ1v) is 10.1. The summed E-state index contributed by atoms with van der Waals surface area (Å²) in [5.41, 5.74) is 2.33. The highest BCUT2D eigenvalue weighted by Gasteiger charge is 2.21. The lowest BCUT2D eigenvalue weighted by atomic mass is 10.2. The number of carbonyl (C=O) groups is 1. The number of thioether (sulfide) groups is 1. The van der Waals surface area contributed by atoms with Gasteiger partial charge in [0.25, 0.3) is 0 Å². The number of benzene rings is 1. The van der Waals surface area contributed by atoms with Crippen LogP contribution in [0.2, 0.25) is 0 Å². The van der Waals surface area contributed by atoms with Crippen molar-refractivity contribution in [3.8, 4) is 11.5 Å². The highest BCUT2D eigenvalue weighted by molar-refractivity contribution is 7.99. The summed E-state index contributed by atoms with van der Waals surface area (Å²) in [6.45, 7) is 12.6. The number of nitrogens with one attached hydrogen (secondary N) is 2. The summed E-state index contributed by atoms with van der Waals surface area (Å²) in [5.74, 6) is -0.103. The molecule has 31 heavy (non-hydrogen) atoms. The molecule has 7 nitrogen and oxygen atoms in total. The van der Waals surface area contributed by atoms with Crippen molar-refractivity contribution in [2.75, 3.05) is 22.5 Å². The zero-order valence-corrected chi connectivity index (χ0v) is 17.8. The Morgan fingerprint density at radius 1 is 1.29 bits per heavy atom. The molecule has 0 saturated heterocycles. The smallest absolute Gasteiger partial charge is 0.248 e. The Kier molecular flexibility index (Phi) is 8.89. The number of fused-ring (bicyclic) bond motifs is 1. The van der Waals surface area contributed by atoms with Crippen molar-refractivity contribution < 1.29 is 13.6 Å². The number of H-pyrrole nitrogens is 1. The number of hydrogen-bond acceptors (Lipinski definition) is 6. The van der Waals surface area contributed by atoms with Gasteiger partial charge in [0, 0.05) is 35.2 Å². The molecule has 0 radical (unpaired) electrons. The van der Waals surface area contributed by atoms with Gasteiger partial charge in [-0.15, -0.1) is 30.0 Å². The zero-order valence-electron chi connectivity index (χ0n) is 16.9. The number of halogens is 2. The molecular weight excluding hydrogens is 422 g/mol. The van der Waals surface area contributed by atoms with Gasteiger partial charge in [-0.25, -0.2) is 8.78 Å². The predicted molar refractivity (Wildman–Crippen MR) is 120 cm³/mol. The summed E-state index contributed by atoms with van der Waals surface area (Å²) < 4.78 is 26.1. The molecule has 0 fully saturated rings. The second kappa shape index (κ2) is 11.6. The Morgan fingerprint density at radius 3 is 2.68 bits per heavy atom. The standard InChI is InChI=1S/C11H11F2NS.C8H7N5O.C2H4/c1-3-14-7(2)6-15-11-5-9(13)8(12)4-10(11)14;14-5-10-8-11-7(12-13-8)6-3-1-2-4-9-6;1-2/h4-5H,2-3,6H2,1H3;1-5H,(H2,10,11,12,13,14);1-2H2. The number of amides is 1. The molecule has 0 bridgehead atoms. The van der Waals surface area contributed by atoms with Crippen molar-refractivity contribution in [2.24, 2.45) is 0 Å². The number of aromatic amines is 1.